The SMILES string of the molecule is CN1CCC(=C2c3ccccc3CSc3ccc(C(=O)O)cc32)CC1.Cl. The van der Waals surface area contributed by atoms with Gasteiger partial charge >= 0.3 is 5.97 Å². The highest BCUT2D eigenvalue weighted by molar-refractivity contribution is 7.98. The summed E-state index contributed by atoms with van der Waals surface area (Å²) in [5.74, 6) is 0.0600. The number of rotatable bonds is 1. The van der Waals surface area contributed by atoms with E-state index < -0.39 is 5.97 Å². The van der Waals surface area contributed by atoms with Gasteiger partial charge < -0.3 is 10.0 Å². The van der Waals surface area contributed by atoms with E-state index >= 15 is 0 Å². The Balaban J connectivity index is 0.00000196. The summed E-state index contributed by atoms with van der Waals surface area (Å²) in [5, 5.41) is 9.45. The maximum atomic E-state index is 11.5. The number of benzene rings is 2. The van der Waals surface area contributed by atoms with Crippen molar-refractivity contribution in [3.8, 4) is 0 Å². The lowest BCUT2D eigenvalue weighted by Gasteiger charge is -2.27. The topological polar surface area (TPSA) is 40.5 Å². The second kappa shape index (κ2) is 7.87. The number of nitrogens with zero attached hydrogens (tertiary/aromatic N) is 1. The Morgan fingerprint density at radius 2 is 1.81 bits per heavy atom. The van der Waals surface area contributed by atoms with Crippen LogP contribution in [0.4, 0.5) is 0 Å². The maximum absolute atomic E-state index is 11.5. The molecular formula is C21H22ClNO2S. The summed E-state index contributed by atoms with van der Waals surface area (Å²) in [6.45, 7) is 2.12. The Morgan fingerprint density at radius 1 is 1.08 bits per heavy atom. The molecule has 2 aromatic rings. The van der Waals surface area contributed by atoms with Crippen LogP contribution in [0, 0.1) is 0 Å². The van der Waals surface area contributed by atoms with Crippen LogP contribution in [0.5, 0.6) is 0 Å². The van der Waals surface area contributed by atoms with Gasteiger partial charge in [-0.1, -0.05) is 29.8 Å². The van der Waals surface area contributed by atoms with Gasteiger partial charge in [0.1, 0.15) is 0 Å². The highest BCUT2D eigenvalue weighted by Gasteiger charge is 2.24. The number of aromatic carboxylic acids is 1. The van der Waals surface area contributed by atoms with Crippen LogP contribution in [-0.4, -0.2) is 36.1 Å². The summed E-state index contributed by atoms with van der Waals surface area (Å²) in [5.41, 5.74) is 6.79. The van der Waals surface area contributed by atoms with E-state index in [1.54, 1.807) is 17.8 Å². The summed E-state index contributed by atoms with van der Waals surface area (Å²) in [6, 6.07) is 14.1. The smallest absolute Gasteiger partial charge is 0.335 e. The molecule has 2 aromatic carbocycles. The molecule has 0 radical (unpaired) electrons. The van der Waals surface area contributed by atoms with Gasteiger partial charge in [0.25, 0.3) is 0 Å². The molecule has 5 heteroatoms. The number of thioether (sulfide) groups is 1. The third kappa shape index (κ3) is 3.54. The van der Waals surface area contributed by atoms with Crippen molar-refractivity contribution in [2.45, 2.75) is 23.5 Å². The molecule has 0 aromatic heterocycles. The van der Waals surface area contributed by atoms with Gasteiger partial charge in [0.15, 0.2) is 0 Å². The first kappa shape index (κ1) is 19.0. The summed E-state index contributed by atoms with van der Waals surface area (Å²) in [7, 11) is 2.16. The van der Waals surface area contributed by atoms with Crippen LogP contribution in [0.3, 0.4) is 0 Å². The van der Waals surface area contributed by atoms with E-state index in [9.17, 15) is 9.90 Å². The number of halogens is 1. The van der Waals surface area contributed by atoms with Gasteiger partial charge in [-0.15, -0.1) is 24.2 Å². The molecule has 3 nitrogen and oxygen atoms in total. The lowest BCUT2D eigenvalue weighted by molar-refractivity contribution is 0.0696. The predicted octanol–water partition coefficient (Wildman–Crippen LogP) is 4.94. The molecule has 136 valence electrons. The van der Waals surface area contributed by atoms with E-state index in [2.05, 4.69) is 36.2 Å². The van der Waals surface area contributed by atoms with Crippen molar-refractivity contribution in [1.82, 2.24) is 4.90 Å². The van der Waals surface area contributed by atoms with Crippen molar-refractivity contribution in [3.63, 3.8) is 0 Å². The molecule has 2 aliphatic rings. The molecule has 26 heavy (non-hydrogen) atoms. The highest BCUT2D eigenvalue weighted by Crippen LogP contribution is 2.43. The van der Waals surface area contributed by atoms with Gasteiger partial charge in [-0.25, -0.2) is 4.79 Å². The Morgan fingerprint density at radius 3 is 2.54 bits per heavy atom. The molecular weight excluding hydrogens is 366 g/mol. The van der Waals surface area contributed by atoms with Crippen molar-refractivity contribution < 1.29 is 9.90 Å². The number of carboxylic acids is 1. The van der Waals surface area contributed by atoms with Crippen LogP contribution in [0.2, 0.25) is 0 Å². The van der Waals surface area contributed by atoms with Gasteiger partial charge in [-0.05, 0) is 60.4 Å². The Bertz CT molecular complexity index is 868. The molecule has 1 N–H and O–H groups in total. The Labute approximate surface area is 164 Å². The minimum Gasteiger partial charge on any atom is -0.478 e. The molecule has 0 unspecified atom stereocenters. The lowest BCUT2D eigenvalue weighted by atomic mass is 9.86. The molecule has 4 rings (SSSR count). The fourth-order valence-electron chi connectivity index (χ4n) is 3.69. The first-order valence-electron chi connectivity index (χ1n) is 8.63. The first-order chi connectivity index (χ1) is 12.1. The number of fused-ring (bicyclic) bond motifs is 2. The molecule has 0 spiro atoms. The number of hydrogen-bond donors (Lipinski definition) is 1. The van der Waals surface area contributed by atoms with Crippen molar-refractivity contribution in [1.29, 1.82) is 0 Å². The van der Waals surface area contributed by atoms with Crippen molar-refractivity contribution in [3.05, 3.63) is 70.3 Å². The zero-order valence-electron chi connectivity index (χ0n) is 14.7. The monoisotopic (exact) mass is 387 g/mol. The van der Waals surface area contributed by atoms with Crippen LogP contribution in [0.25, 0.3) is 5.57 Å². The number of carbonyl (C=O) groups is 1. The standard InChI is InChI=1S/C21H21NO2S.ClH/c1-22-10-8-14(9-11-22)20-17-5-3-2-4-16(17)13-25-19-7-6-15(21(23)24)12-18(19)20;/h2-7,12H,8-11,13H2,1H3,(H,23,24);1H. The second-order valence-electron chi connectivity index (χ2n) is 6.74. The fourth-order valence-corrected chi connectivity index (χ4v) is 4.74. The average molecular weight is 388 g/mol. The number of likely N-dealkylation sites (tertiary alicyclic amines) is 1. The molecule has 1 saturated heterocycles. The van der Waals surface area contributed by atoms with Crippen LogP contribution >= 0.6 is 24.2 Å². The van der Waals surface area contributed by atoms with Gasteiger partial charge in [0.05, 0.1) is 5.56 Å². The fraction of sp³-hybridized carbons (Fsp3) is 0.286. The zero-order valence-corrected chi connectivity index (χ0v) is 16.3. The molecule has 0 saturated carbocycles. The zero-order chi connectivity index (χ0) is 17.4. The number of piperidine rings is 1. The van der Waals surface area contributed by atoms with E-state index in [1.807, 2.05) is 12.1 Å². The number of carboxylic acid groups (broad SMARTS) is 1. The van der Waals surface area contributed by atoms with Crippen molar-refractivity contribution in [2.24, 2.45) is 0 Å². The Hall–Kier alpha value is -1.75. The minimum absolute atomic E-state index is 0. The molecule has 2 aliphatic heterocycles. The van der Waals surface area contributed by atoms with Gasteiger partial charge in [-0.3, -0.25) is 0 Å². The first-order valence-corrected chi connectivity index (χ1v) is 9.61. The van der Waals surface area contributed by atoms with E-state index in [1.165, 1.54) is 27.2 Å². The largest absolute Gasteiger partial charge is 0.478 e. The minimum atomic E-state index is -0.863. The summed E-state index contributed by atoms with van der Waals surface area (Å²) >= 11 is 1.80. The third-order valence-corrected chi connectivity index (χ3v) is 6.23. The summed E-state index contributed by atoms with van der Waals surface area (Å²) in [6.07, 6.45) is 2.09. The molecule has 0 amide bonds. The molecule has 2 heterocycles. The van der Waals surface area contributed by atoms with Gasteiger partial charge in [0, 0.05) is 23.7 Å². The van der Waals surface area contributed by atoms with Crippen LogP contribution < -0.4 is 0 Å². The van der Waals surface area contributed by atoms with Crippen LogP contribution in [0.15, 0.2) is 52.9 Å². The van der Waals surface area contributed by atoms with Crippen LogP contribution in [-0.2, 0) is 5.75 Å². The van der Waals surface area contributed by atoms with Crippen molar-refractivity contribution in [2.75, 3.05) is 20.1 Å². The van der Waals surface area contributed by atoms with E-state index in [4.69, 9.17) is 0 Å². The van der Waals surface area contributed by atoms with Gasteiger partial charge in [-0.2, -0.15) is 0 Å². The maximum Gasteiger partial charge on any atom is 0.335 e. The predicted molar refractivity (Wildman–Crippen MR) is 109 cm³/mol. The quantitative estimate of drug-likeness (QED) is 0.752. The average Bonchev–Trinajstić information content (AvgIpc) is 2.79. The van der Waals surface area contributed by atoms with E-state index in [-0.39, 0.29) is 12.4 Å². The summed E-state index contributed by atoms with van der Waals surface area (Å²) in [4.78, 5) is 15.1. The lowest BCUT2D eigenvalue weighted by Crippen LogP contribution is -2.27. The van der Waals surface area contributed by atoms with Gasteiger partial charge in [0.2, 0.25) is 0 Å². The second-order valence-corrected chi connectivity index (χ2v) is 7.76. The van der Waals surface area contributed by atoms with E-state index in [0.29, 0.717) is 5.56 Å². The normalized spacial score (nSPS) is 17.0. The molecule has 1 fully saturated rings. The molecule has 0 bridgehead atoms. The molecule has 0 aliphatic carbocycles. The van der Waals surface area contributed by atoms with Crippen LogP contribution in [0.1, 0.15) is 39.9 Å². The van der Waals surface area contributed by atoms with Crippen molar-refractivity contribution >= 4 is 35.7 Å². The van der Waals surface area contributed by atoms with E-state index in [0.717, 1.165) is 37.2 Å². The number of hydrogen-bond acceptors (Lipinski definition) is 3. The highest BCUT2D eigenvalue weighted by atomic mass is 35.5. The third-order valence-electron chi connectivity index (χ3n) is 5.11. The molecule has 0 atom stereocenters. The summed E-state index contributed by atoms with van der Waals surface area (Å²) < 4.78 is 0. The Kier molecular flexibility index (Phi) is 5.76.